The zero-order chi connectivity index (χ0) is 17.8. The van der Waals surface area contributed by atoms with Gasteiger partial charge in [-0.05, 0) is 42.5 Å². The Kier molecular flexibility index (Phi) is 5.16. The van der Waals surface area contributed by atoms with Crippen LogP contribution in [0.1, 0.15) is 5.56 Å². The smallest absolute Gasteiger partial charge is 0.216 e. The van der Waals surface area contributed by atoms with Crippen LogP contribution in [-0.4, -0.2) is 35.3 Å². The lowest BCUT2D eigenvalue weighted by Gasteiger charge is -2.07. The van der Waals surface area contributed by atoms with Gasteiger partial charge in [-0.1, -0.05) is 23.7 Å². The van der Waals surface area contributed by atoms with E-state index in [0.717, 1.165) is 11.1 Å². The Morgan fingerprint density at radius 2 is 2.04 bits per heavy atom. The van der Waals surface area contributed by atoms with Gasteiger partial charge in [-0.3, -0.25) is 0 Å². The molecule has 0 radical (unpaired) electrons. The third kappa shape index (κ3) is 3.72. The summed E-state index contributed by atoms with van der Waals surface area (Å²) in [5.41, 5.74) is 1.55. The molecule has 3 rings (SSSR count). The van der Waals surface area contributed by atoms with Crippen LogP contribution in [0.5, 0.6) is 11.5 Å². The van der Waals surface area contributed by atoms with Gasteiger partial charge in [-0.2, -0.15) is 14.9 Å². The molecule has 0 bridgehead atoms. The third-order valence-electron chi connectivity index (χ3n) is 3.48. The highest BCUT2D eigenvalue weighted by Crippen LogP contribution is 2.24. The van der Waals surface area contributed by atoms with Gasteiger partial charge in [-0.25, -0.2) is 5.10 Å². The van der Waals surface area contributed by atoms with Gasteiger partial charge in [0.05, 0.1) is 20.4 Å². The van der Waals surface area contributed by atoms with E-state index in [4.69, 9.17) is 33.3 Å². The number of nitrogens with zero attached hydrogens (tertiary/aromatic N) is 3. The Bertz CT molecular complexity index is 981. The fraction of sp³-hybridized carbons (Fsp3) is 0.118. The molecular formula is C17H15ClN4O2S. The zero-order valence-electron chi connectivity index (χ0n) is 13.6. The molecule has 6 nitrogen and oxygen atoms in total. The van der Waals surface area contributed by atoms with Crippen LogP contribution in [0.25, 0.3) is 11.4 Å². The molecule has 1 heterocycles. The van der Waals surface area contributed by atoms with Crippen LogP contribution in [0.3, 0.4) is 0 Å². The van der Waals surface area contributed by atoms with Gasteiger partial charge < -0.3 is 9.47 Å². The third-order valence-corrected chi connectivity index (χ3v) is 3.98. The van der Waals surface area contributed by atoms with Crippen molar-refractivity contribution in [3.05, 3.63) is 57.8 Å². The monoisotopic (exact) mass is 374 g/mol. The molecule has 0 aliphatic rings. The maximum atomic E-state index is 6.06. The summed E-state index contributed by atoms with van der Waals surface area (Å²) < 4.78 is 12.5. The number of rotatable bonds is 5. The average molecular weight is 375 g/mol. The molecule has 8 heteroatoms. The Hall–Kier alpha value is -2.64. The number of halogens is 1. The van der Waals surface area contributed by atoms with Gasteiger partial charge in [0, 0.05) is 16.1 Å². The molecule has 0 spiro atoms. The first-order valence-corrected chi connectivity index (χ1v) is 8.10. The van der Waals surface area contributed by atoms with Crippen LogP contribution in [0, 0.1) is 4.77 Å². The summed E-state index contributed by atoms with van der Waals surface area (Å²) in [4.78, 5) is 0. The highest BCUT2D eigenvalue weighted by atomic mass is 35.5. The number of H-pyrrole nitrogens is 1. The van der Waals surface area contributed by atoms with E-state index in [-0.39, 0.29) is 0 Å². The van der Waals surface area contributed by atoms with Gasteiger partial charge >= 0.3 is 0 Å². The number of hydrogen-bond donors (Lipinski definition) is 1. The van der Waals surface area contributed by atoms with Crippen molar-refractivity contribution in [3.8, 4) is 22.9 Å². The Labute approximate surface area is 154 Å². The first kappa shape index (κ1) is 17.2. The lowest BCUT2D eigenvalue weighted by molar-refractivity contribution is 0.402. The van der Waals surface area contributed by atoms with Crippen molar-refractivity contribution in [2.45, 2.75) is 0 Å². The summed E-state index contributed by atoms with van der Waals surface area (Å²) in [5.74, 6) is 1.93. The first-order valence-electron chi connectivity index (χ1n) is 7.32. The van der Waals surface area contributed by atoms with E-state index < -0.39 is 0 Å². The number of nitrogens with one attached hydrogen (secondary N) is 1. The summed E-state index contributed by atoms with van der Waals surface area (Å²) >= 11 is 11.3. The maximum Gasteiger partial charge on any atom is 0.216 e. The molecule has 1 aromatic heterocycles. The quantitative estimate of drug-likeness (QED) is 0.538. The number of aromatic amines is 1. The van der Waals surface area contributed by atoms with E-state index in [1.807, 2.05) is 30.3 Å². The van der Waals surface area contributed by atoms with Crippen LogP contribution in [0.15, 0.2) is 47.6 Å². The van der Waals surface area contributed by atoms with E-state index >= 15 is 0 Å². The van der Waals surface area contributed by atoms with E-state index in [2.05, 4.69) is 15.3 Å². The molecule has 0 unspecified atom stereocenters. The molecule has 3 aromatic rings. The van der Waals surface area contributed by atoms with Crippen molar-refractivity contribution >= 4 is 30.0 Å². The van der Waals surface area contributed by atoms with E-state index in [0.29, 0.717) is 27.1 Å². The average Bonchev–Trinajstić information content (AvgIpc) is 3.00. The van der Waals surface area contributed by atoms with E-state index in [1.54, 1.807) is 32.6 Å². The molecule has 1 N–H and O–H groups in total. The molecule has 0 aliphatic carbocycles. The van der Waals surface area contributed by atoms with E-state index in [1.165, 1.54) is 4.68 Å². The lowest BCUT2D eigenvalue weighted by atomic mass is 10.2. The van der Waals surface area contributed by atoms with Gasteiger partial charge in [0.15, 0.2) is 5.82 Å². The lowest BCUT2D eigenvalue weighted by Crippen LogP contribution is -1.97. The van der Waals surface area contributed by atoms with E-state index in [9.17, 15) is 0 Å². The molecule has 128 valence electrons. The Morgan fingerprint density at radius 1 is 1.20 bits per heavy atom. The number of aromatic nitrogens is 3. The van der Waals surface area contributed by atoms with Crippen molar-refractivity contribution in [2.24, 2.45) is 5.10 Å². The van der Waals surface area contributed by atoms with Crippen LogP contribution >= 0.6 is 23.8 Å². The number of ether oxygens (including phenoxy) is 2. The molecule has 2 aromatic carbocycles. The van der Waals surface area contributed by atoms with Gasteiger partial charge in [0.25, 0.3) is 0 Å². The van der Waals surface area contributed by atoms with Crippen molar-refractivity contribution in [1.29, 1.82) is 0 Å². The minimum Gasteiger partial charge on any atom is -0.497 e. The predicted octanol–water partition coefficient (Wildman–Crippen LogP) is 4.16. The van der Waals surface area contributed by atoms with Crippen LogP contribution in [-0.2, 0) is 0 Å². The minimum absolute atomic E-state index is 0.369. The summed E-state index contributed by atoms with van der Waals surface area (Å²) in [5, 5.41) is 12.0. The molecule has 25 heavy (non-hydrogen) atoms. The van der Waals surface area contributed by atoms with Crippen molar-refractivity contribution in [2.75, 3.05) is 14.2 Å². The van der Waals surface area contributed by atoms with Gasteiger partial charge in [0.2, 0.25) is 4.77 Å². The summed E-state index contributed by atoms with van der Waals surface area (Å²) in [6, 6.07) is 12.8. The van der Waals surface area contributed by atoms with Crippen LogP contribution in [0.4, 0.5) is 0 Å². The Morgan fingerprint density at radius 3 is 2.76 bits per heavy atom. The zero-order valence-corrected chi connectivity index (χ0v) is 15.1. The van der Waals surface area contributed by atoms with Crippen molar-refractivity contribution in [1.82, 2.24) is 14.9 Å². The fourth-order valence-corrected chi connectivity index (χ4v) is 2.64. The van der Waals surface area contributed by atoms with Gasteiger partial charge in [-0.15, -0.1) is 0 Å². The largest absolute Gasteiger partial charge is 0.497 e. The highest BCUT2D eigenvalue weighted by molar-refractivity contribution is 7.71. The second kappa shape index (κ2) is 7.50. The number of hydrogen-bond acceptors (Lipinski definition) is 5. The van der Waals surface area contributed by atoms with Gasteiger partial charge in [0.1, 0.15) is 11.5 Å². The summed E-state index contributed by atoms with van der Waals surface area (Å²) in [6.07, 6.45) is 1.64. The highest BCUT2D eigenvalue weighted by Gasteiger charge is 2.09. The SMILES string of the molecule is COc1ccc(OC)c(/C=N/n2c(-c3cccc(Cl)c3)n[nH]c2=S)c1. The van der Waals surface area contributed by atoms with Crippen molar-refractivity contribution in [3.63, 3.8) is 0 Å². The minimum atomic E-state index is 0.369. The second-order valence-corrected chi connectivity index (χ2v) is 5.85. The molecular weight excluding hydrogens is 360 g/mol. The number of benzene rings is 2. The van der Waals surface area contributed by atoms with Crippen LogP contribution < -0.4 is 9.47 Å². The molecule has 0 saturated heterocycles. The number of methoxy groups -OCH3 is 2. The second-order valence-electron chi connectivity index (χ2n) is 5.03. The Balaban J connectivity index is 2.03. The molecule has 0 fully saturated rings. The normalized spacial score (nSPS) is 11.0. The van der Waals surface area contributed by atoms with Crippen LogP contribution in [0.2, 0.25) is 5.02 Å². The fourth-order valence-electron chi connectivity index (χ4n) is 2.27. The van der Waals surface area contributed by atoms with Crippen molar-refractivity contribution < 1.29 is 9.47 Å². The predicted molar refractivity (Wildman–Crippen MR) is 100 cm³/mol. The molecule has 0 aliphatic heterocycles. The topological polar surface area (TPSA) is 64.4 Å². The summed E-state index contributed by atoms with van der Waals surface area (Å²) in [7, 11) is 3.20. The molecule has 0 saturated carbocycles. The molecule has 0 atom stereocenters. The summed E-state index contributed by atoms with van der Waals surface area (Å²) in [6.45, 7) is 0. The maximum absolute atomic E-state index is 6.06. The standard InChI is InChI=1S/C17H15ClN4O2S/c1-23-14-6-7-15(24-2)12(9-14)10-19-22-16(20-21-17(22)25)11-4-3-5-13(18)8-11/h3-10H,1-2H3,(H,21,25)/b19-10+. The molecule has 0 amide bonds. The first-order chi connectivity index (χ1) is 12.1.